The number of amides is 5. The Hall–Kier alpha value is -3.44. The van der Waals surface area contributed by atoms with Crippen molar-refractivity contribution < 1.29 is 24.0 Å². The molecule has 0 aromatic carbocycles. The van der Waals surface area contributed by atoms with E-state index in [-0.39, 0.29) is 6.42 Å². The zero-order valence-electron chi connectivity index (χ0n) is 15.8. The van der Waals surface area contributed by atoms with Gasteiger partial charge in [0.2, 0.25) is 29.5 Å². The standard InChI is InChI=1S/C17H23N7O5/c1-8(25)21-12-13(23-16(12)28)15(27)22-10(5-9-6-19-7-20-9)17(29)24-4-2-3-11(24)14(18)26/h6-7,10-13H,2-5H2,1H3,(H2,18,26)(H,19,20)(H,21,25)(H,22,27)(H,23,28)/t10-,11-,12-,13-/m0/s1. The molecule has 2 aliphatic heterocycles. The molecule has 2 fully saturated rings. The van der Waals surface area contributed by atoms with E-state index in [9.17, 15) is 24.0 Å². The van der Waals surface area contributed by atoms with Gasteiger partial charge in [0.25, 0.3) is 0 Å². The highest BCUT2D eigenvalue weighted by molar-refractivity contribution is 6.04. The van der Waals surface area contributed by atoms with E-state index < -0.39 is 53.7 Å². The number of nitrogens with zero attached hydrogens (tertiary/aromatic N) is 2. The number of likely N-dealkylation sites (tertiary alicyclic amines) is 1. The number of nitrogens with two attached hydrogens (primary N) is 1. The summed E-state index contributed by atoms with van der Waals surface area (Å²) in [5, 5.41) is 7.43. The average Bonchev–Trinajstić information content (AvgIpc) is 3.34. The molecule has 1 aromatic rings. The van der Waals surface area contributed by atoms with E-state index in [0.717, 1.165) is 0 Å². The lowest BCUT2D eigenvalue weighted by Gasteiger charge is -2.36. The summed E-state index contributed by atoms with van der Waals surface area (Å²) in [7, 11) is 0. The molecule has 0 saturated carbocycles. The van der Waals surface area contributed by atoms with Crippen molar-refractivity contribution in [1.29, 1.82) is 0 Å². The van der Waals surface area contributed by atoms with Crippen LogP contribution in [0, 0.1) is 0 Å². The van der Waals surface area contributed by atoms with Gasteiger partial charge in [-0.2, -0.15) is 0 Å². The Bertz CT molecular complexity index is 824. The number of hydrogen-bond donors (Lipinski definition) is 5. The quantitative estimate of drug-likeness (QED) is 0.300. The van der Waals surface area contributed by atoms with Crippen LogP contribution in [0.15, 0.2) is 12.5 Å². The molecular weight excluding hydrogens is 382 g/mol. The molecule has 1 aromatic heterocycles. The normalized spacial score (nSPS) is 24.2. The Kier molecular flexibility index (Phi) is 5.80. The second-order valence-electron chi connectivity index (χ2n) is 7.10. The van der Waals surface area contributed by atoms with Gasteiger partial charge >= 0.3 is 0 Å². The fourth-order valence-corrected chi connectivity index (χ4v) is 3.57. The minimum atomic E-state index is -1.00. The number of β-lactam (4-membered cyclic amide) rings is 1. The maximum Gasteiger partial charge on any atom is 0.246 e. The van der Waals surface area contributed by atoms with Crippen molar-refractivity contribution in [2.24, 2.45) is 5.73 Å². The number of primary amides is 1. The lowest BCUT2D eigenvalue weighted by molar-refractivity contribution is -0.145. The molecule has 6 N–H and O–H groups in total. The molecule has 2 saturated heterocycles. The molecule has 2 aliphatic rings. The number of carbonyl (C=O) groups excluding carboxylic acids is 5. The Labute approximate surface area is 166 Å². The second-order valence-corrected chi connectivity index (χ2v) is 7.10. The van der Waals surface area contributed by atoms with E-state index in [2.05, 4.69) is 25.9 Å². The fraction of sp³-hybridized carbons (Fsp3) is 0.529. The predicted molar refractivity (Wildman–Crippen MR) is 97.7 cm³/mol. The molecule has 0 aliphatic carbocycles. The molecule has 12 nitrogen and oxygen atoms in total. The topological polar surface area (TPSA) is 179 Å². The summed E-state index contributed by atoms with van der Waals surface area (Å²) in [6.45, 7) is 1.60. The van der Waals surface area contributed by atoms with Gasteiger partial charge in [-0.1, -0.05) is 0 Å². The van der Waals surface area contributed by atoms with Gasteiger partial charge in [-0.15, -0.1) is 0 Å². The van der Waals surface area contributed by atoms with E-state index >= 15 is 0 Å². The van der Waals surface area contributed by atoms with E-state index in [1.807, 2.05) is 0 Å². The number of aromatic nitrogens is 2. The van der Waals surface area contributed by atoms with Gasteiger partial charge in [0.05, 0.1) is 6.33 Å². The molecule has 0 radical (unpaired) electrons. The molecule has 0 bridgehead atoms. The third kappa shape index (κ3) is 4.36. The summed E-state index contributed by atoms with van der Waals surface area (Å²) in [5.41, 5.74) is 6.00. The second kappa shape index (κ2) is 8.29. The van der Waals surface area contributed by atoms with Crippen molar-refractivity contribution in [3.63, 3.8) is 0 Å². The molecule has 4 atom stereocenters. The first kappa shape index (κ1) is 20.3. The average molecular weight is 405 g/mol. The van der Waals surface area contributed by atoms with Crippen molar-refractivity contribution >= 4 is 29.5 Å². The molecule has 0 spiro atoms. The van der Waals surface area contributed by atoms with Crippen LogP contribution >= 0.6 is 0 Å². The largest absolute Gasteiger partial charge is 0.368 e. The van der Waals surface area contributed by atoms with Crippen molar-refractivity contribution in [2.45, 2.75) is 50.4 Å². The van der Waals surface area contributed by atoms with Gasteiger partial charge in [-0.25, -0.2) is 4.98 Å². The first-order valence-corrected chi connectivity index (χ1v) is 9.23. The number of hydrogen-bond acceptors (Lipinski definition) is 6. The summed E-state index contributed by atoms with van der Waals surface area (Å²) >= 11 is 0. The Morgan fingerprint density at radius 3 is 2.72 bits per heavy atom. The third-order valence-electron chi connectivity index (χ3n) is 5.01. The van der Waals surface area contributed by atoms with E-state index in [0.29, 0.717) is 25.1 Å². The SMILES string of the molecule is CC(=O)N[C@@H]1C(=O)N[C@@H]1C(=O)N[C@@H](Cc1cnc[nH]1)C(=O)N1CCC[C@H]1C(N)=O. The Morgan fingerprint density at radius 1 is 1.38 bits per heavy atom. The molecular formula is C17H23N7O5. The number of nitrogens with one attached hydrogen (secondary N) is 4. The smallest absolute Gasteiger partial charge is 0.246 e. The molecule has 3 heterocycles. The lowest BCUT2D eigenvalue weighted by atomic mass is 9.97. The van der Waals surface area contributed by atoms with Gasteiger partial charge in [-0.3, -0.25) is 24.0 Å². The van der Waals surface area contributed by atoms with Crippen molar-refractivity contribution in [3.05, 3.63) is 18.2 Å². The van der Waals surface area contributed by atoms with Crippen LogP contribution in [0.5, 0.6) is 0 Å². The summed E-state index contributed by atoms with van der Waals surface area (Å²) < 4.78 is 0. The molecule has 0 unspecified atom stereocenters. The van der Waals surface area contributed by atoms with E-state index in [1.165, 1.54) is 24.3 Å². The van der Waals surface area contributed by atoms with Crippen LogP contribution < -0.4 is 21.7 Å². The zero-order chi connectivity index (χ0) is 21.1. The van der Waals surface area contributed by atoms with Gasteiger partial charge in [0, 0.05) is 31.8 Å². The van der Waals surface area contributed by atoms with Crippen LogP contribution in [0.3, 0.4) is 0 Å². The van der Waals surface area contributed by atoms with Crippen LogP contribution in [0.1, 0.15) is 25.5 Å². The summed E-state index contributed by atoms with van der Waals surface area (Å²) in [5.74, 6) is -2.59. The van der Waals surface area contributed by atoms with E-state index in [1.54, 1.807) is 0 Å². The van der Waals surface area contributed by atoms with Gasteiger partial charge in [-0.05, 0) is 12.8 Å². The number of H-pyrrole nitrogens is 1. The van der Waals surface area contributed by atoms with E-state index in [4.69, 9.17) is 5.73 Å². The zero-order valence-corrected chi connectivity index (χ0v) is 15.8. The highest BCUT2D eigenvalue weighted by atomic mass is 16.2. The first-order chi connectivity index (χ1) is 13.8. The fourth-order valence-electron chi connectivity index (χ4n) is 3.57. The number of carbonyl (C=O) groups is 5. The molecule has 5 amide bonds. The highest BCUT2D eigenvalue weighted by Gasteiger charge is 2.46. The van der Waals surface area contributed by atoms with Crippen LogP contribution in [0.25, 0.3) is 0 Å². The van der Waals surface area contributed by atoms with Crippen molar-refractivity contribution in [1.82, 2.24) is 30.8 Å². The summed E-state index contributed by atoms with van der Waals surface area (Å²) in [6.07, 6.45) is 4.17. The van der Waals surface area contributed by atoms with Crippen LogP contribution in [-0.4, -0.2) is 75.1 Å². The van der Waals surface area contributed by atoms with Crippen LogP contribution in [0.2, 0.25) is 0 Å². The minimum absolute atomic E-state index is 0.109. The van der Waals surface area contributed by atoms with Gasteiger partial charge in [0.15, 0.2) is 0 Å². The number of rotatable bonds is 7. The summed E-state index contributed by atoms with van der Waals surface area (Å²) in [4.78, 5) is 68.4. The lowest BCUT2D eigenvalue weighted by Crippen LogP contribution is -2.74. The Balaban J connectivity index is 1.74. The van der Waals surface area contributed by atoms with Gasteiger partial charge in [0.1, 0.15) is 24.2 Å². The first-order valence-electron chi connectivity index (χ1n) is 9.23. The number of imidazole rings is 1. The molecule has 156 valence electrons. The van der Waals surface area contributed by atoms with Crippen LogP contribution in [0.4, 0.5) is 0 Å². The monoisotopic (exact) mass is 405 g/mol. The number of aromatic amines is 1. The predicted octanol–water partition coefficient (Wildman–Crippen LogP) is -3.08. The maximum atomic E-state index is 13.1. The molecule has 29 heavy (non-hydrogen) atoms. The minimum Gasteiger partial charge on any atom is -0.368 e. The molecule has 12 heteroatoms. The third-order valence-corrected chi connectivity index (χ3v) is 5.01. The van der Waals surface area contributed by atoms with Crippen molar-refractivity contribution in [2.75, 3.05) is 6.54 Å². The van der Waals surface area contributed by atoms with Gasteiger partial charge < -0.3 is 31.6 Å². The summed E-state index contributed by atoms with van der Waals surface area (Å²) in [6, 6.07) is -3.72. The molecule has 3 rings (SSSR count). The Morgan fingerprint density at radius 2 is 2.14 bits per heavy atom. The highest BCUT2D eigenvalue weighted by Crippen LogP contribution is 2.19. The maximum absolute atomic E-state index is 13.1. The van der Waals surface area contributed by atoms with Crippen molar-refractivity contribution in [3.8, 4) is 0 Å². The van der Waals surface area contributed by atoms with Crippen LogP contribution in [-0.2, 0) is 30.4 Å².